The van der Waals surface area contributed by atoms with Gasteiger partial charge in [-0.3, -0.25) is 29.4 Å². The Balaban J connectivity index is 0.000000216. The molecule has 50 heavy (non-hydrogen) atoms. The summed E-state index contributed by atoms with van der Waals surface area (Å²) in [5.74, 6) is -1.13. The van der Waals surface area contributed by atoms with Crippen LogP contribution in [0.15, 0.2) is 110 Å². The monoisotopic (exact) mass is 664 g/mol. The van der Waals surface area contributed by atoms with Crippen molar-refractivity contribution in [3.05, 3.63) is 132 Å². The summed E-state index contributed by atoms with van der Waals surface area (Å²) in [6, 6.07) is 28.6. The molecule has 2 aliphatic rings. The van der Waals surface area contributed by atoms with Crippen LogP contribution in [0, 0.1) is 0 Å². The van der Waals surface area contributed by atoms with Crippen molar-refractivity contribution >= 4 is 56.5 Å². The largest absolute Gasteiger partial charge is 0.375 e. The molecule has 6 aromatic rings. The van der Waals surface area contributed by atoms with Crippen LogP contribution in [0.2, 0.25) is 0 Å². The highest BCUT2D eigenvalue weighted by atomic mass is 16.2. The van der Waals surface area contributed by atoms with Gasteiger partial charge in [0.1, 0.15) is 0 Å². The number of anilines is 2. The zero-order chi connectivity index (χ0) is 34.9. The molecule has 0 fully saturated rings. The lowest BCUT2D eigenvalue weighted by atomic mass is 9.93. The molecule has 10 heteroatoms. The number of nitrogens with one attached hydrogen (secondary N) is 1. The first-order valence-electron chi connectivity index (χ1n) is 16.6. The molecule has 5 aromatic carbocycles. The Bertz CT molecular complexity index is 2230. The first-order chi connectivity index (χ1) is 24.3. The van der Waals surface area contributed by atoms with E-state index in [1.165, 1.54) is 4.90 Å². The quantitative estimate of drug-likeness (QED) is 0.190. The van der Waals surface area contributed by atoms with Gasteiger partial charge in [-0.2, -0.15) is 0 Å². The summed E-state index contributed by atoms with van der Waals surface area (Å²) < 4.78 is 1.89. The molecular weight excluding hydrogens is 628 g/mol. The molecule has 3 heterocycles. The maximum absolute atomic E-state index is 13.4. The second-order valence-corrected chi connectivity index (χ2v) is 12.4. The maximum atomic E-state index is 13.4. The molecule has 0 radical (unpaired) electrons. The van der Waals surface area contributed by atoms with Crippen LogP contribution >= 0.6 is 0 Å². The number of hydrogen-bond donors (Lipinski definition) is 1. The summed E-state index contributed by atoms with van der Waals surface area (Å²) in [7, 11) is 4.08. The van der Waals surface area contributed by atoms with Crippen LogP contribution in [-0.4, -0.2) is 71.8 Å². The van der Waals surface area contributed by atoms with Crippen molar-refractivity contribution in [3.63, 3.8) is 0 Å². The van der Waals surface area contributed by atoms with Crippen LogP contribution < -0.4 is 15.1 Å². The van der Waals surface area contributed by atoms with Crippen LogP contribution in [-0.2, 0) is 0 Å². The number of amides is 4. The predicted octanol–water partition coefficient (Wildman–Crippen LogP) is 6.33. The molecule has 1 aromatic heterocycles. The number of carbonyl (C=O) groups is 4. The number of rotatable bonds is 8. The van der Waals surface area contributed by atoms with Crippen molar-refractivity contribution in [3.8, 4) is 5.69 Å². The number of likely N-dealkylation sites (N-methyl/N-ethyl adjacent to an activating group) is 1. The molecule has 0 atom stereocenters. The smallest absolute Gasteiger partial charge is 0.261 e. The SMILES string of the molecule is CCCN(C)c1cccc(N(C)CCN2C(=O)c3cccc4c(-n5ccnc5)ccc(c34)C2=O)c1.O=C1NC(=O)c2cccc3cccc1c23. The molecule has 10 nitrogen and oxygen atoms in total. The van der Waals surface area contributed by atoms with E-state index in [4.69, 9.17) is 0 Å². The number of benzene rings is 5. The number of hydrogen-bond acceptors (Lipinski definition) is 7. The van der Waals surface area contributed by atoms with Crippen molar-refractivity contribution in [2.45, 2.75) is 13.3 Å². The van der Waals surface area contributed by atoms with E-state index in [1.807, 2.05) is 78.5 Å². The lowest BCUT2D eigenvalue weighted by Gasteiger charge is -2.30. The van der Waals surface area contributed by atoms with Crippen LogP contribution in [0.4, 0.5) is 11.4 Å². The van der Waals surface area contributed by atoms with Gasteiger partial charge in [-0.1, -0.05) is 49.4 Å². The summed E-state index contributed by atoms with van der Waals surface area (Å²) in [5, 5.41) is 5.58. The normalized spacial score (nSPS) is 13.3. The van der Waals surface area contributed by atoms with E-state index in [0.717, 1.165) is 46.2 Å². The minimum atomic E-state index is -0.315. The first kappa shape index (κ1) is 32.3. The second kappa shape index (κ2) is 13.3. The molecule has 4 amide bonds. The minimum Gasteiger partial charge on any atom is -0.375 e. The van der Waals surface area contributed by atoms with Gasteiger partial charge in [-0.25, -0.2) is 4.98 Å². The van der Waals surface area contributed by atoms with Crippen molar-refractivity contribution < 1.29 is 19.2 Å². The number of carbonyl (C=O) groups excluding carboxylic acids is 4. The highest BCUT2D eigenvalue weighted by molar-refractivity contribution is 6.27. The second-order valence-electron chi connectivity index (χ2n) is 12.4. The van der Waals surface area contributed by atoms with Gasteiger partial charge in [0.05, 0.1) is 12.0 Å². The molecule has 1 N–H and O–H groups in total. The molecule has 0 aliphatic carbocycles. The van der Waals surface area contributed by atoms with E-state index in [9.17, 15) is 19.2 Å². The van der Waals surface area contributed by atoms with Gasteiger partial charge in [0.15, 0.2) is 0 Å². The fourth-order valence-electron chi connectivity index (χ4n) is 6.73. The van der Waals surface area contributed by atoms with Gasteiger partial charge < -0.3 is 14.4 Å². The summed E-state index contributed by atoms with van der Waals surface area (Å²) in [4.78, 5) is 59.8. The highest BCUT2D eigenvalue weighted by Gasteiger charge is 2.33. The van der Waals surface area contributed by atoms with Crippen molar-refractivity contribution in [2.75, 3.05) is 43.5 Å². The molecule has 0 saturated carbocycles. The summed E-state index contributed by atoms with van der Waals surface area (Å²) in [5.41, 5.74) is 5.36. The van der Waals surface area contributed by atoms with Crippen molar-refractivity contribution in [2.24, 2.45) is 0 Å². The van der Waals surface area contributed by atoms with Crippen molar-refractivity contribution in [1.29, 1.82) is 0 Å². The van der Waals surface area contributed by atoms with Crippen LogP contribution in [0.5, 0.6) is 0 Å². The first-order valence-corrected chi connectivity index (χ1v) is 16.6. The lowest BCUT2D eigenvalue weighted by molar-refractivity contribution is 0.0614. The Labute approximate surface area is 289 Å². The molecule has 0 bridgehead atoms. The highest BCUT2D eigenvalue weighted by Crippen LogP contribution is 2.34. The van der Waals surface area contributed by atoms with Crippen molar-refractivity contribution in [1.82, 2.24) is 19.8 Å². The molecule has 8 rings (SSSR count). The average molecular weight is 665 g/mol. The number of imide groups is 2. The van der Waals surface area contributed by atoms with Gasteiger partial charge in [-0.05, 0) is 60.3 Å². The predicted molar refractivity (Wildman–Crippen MR) is 195 cm³/mol. The Hall–Kier alpha value is -6.29. The molecule has 2 aliphatic heterocycles. The zero-order valence-electron chi connectivity index (χ0n) is 28.1. The van der Waals surface area contributed by atoms with Crippen LogP contribution in [0.1, 0.15) is 54.8 Å². The zero-order valence-corrected chi connectivity index (χ0v) is 28.1. The Morgan fingerprint density at radius 2 is 1.28 bits per heavy atom. The number of imidazole rings is 1. The standard InChI is InChI=1S/C28H29N5O2.C12H7NO2/c1-4-14-30(2)20-7-5-8-21(18-20)31(3)16-17-33-27(34)23-10-6-9-22-25(32-15-13-29-19-32)12-11-24(26(22)23)28(33)35;14-11-8-5-1-3-7-4-2-6-9(10(7)8)12(15)13-11/h5-13,15,18-19H,4,14,16-17H2,1-3H3;1-6H,(H,13,14,15). The third kappa shape index (κ3) is 5.74. The third-order valence-electron chi connectivity index (χ3n) is 9.30. The summed E-state index contributed by atoms with van der Waals surface area (Å²) >= 11 is 0. The fraction of sp³-hybridized carbons (Fsp3) is 0.175. The number of nitrogens with zero attached hydrogens (tertiary/aromatic N) is 5. The van der Waals surface area contributed by atoms with Gasteiger partial charge in [0.25, 0.3) is 23.6 Å². The lowest BCUT2D eigenvalue weighted by Crippen LogP contribution is -2.44. The number of aromatic nitrogens is 2. The van der Waals surface area contributed by atoms with E-state index < -0.39 is 0 Å². The van der Waals surface area contributed by atoms with E-state index in [0.29, 0.717) is 40.7 Å². The molecule has 250 valence electrons. The topological polar surface area (TPSA) is 108 Å². The van der Waals surface area contributed by atoms with E-state index in [2.05, 4.69) is 52.3 Å². The third-order valence-corrected chi connectivity index (χ3v) is 9.30. The molecular formula is C40H36N6O4. The van der Waals surface area contributed by atoms with Gasteiger partial charge in [-0.15, -0.1) is 0 Å². The maximum Gasteiger partial charge on any atom is 0.261 e. The van der Waals surface area contributed by atoms with Gasteiger partial charge in [0.2, 0.25) is 0 Å². The van der Waals surface area contributed by atoms with Crippen LogP contribution in [0.3, 0.4) is 0 Å². The summed E-state index contributed by atoms with van der Waals surface area (Å²) in [6.45, 7) is 3.99. The average Bonchev–Trinajstić information content (AvgIpc) is 3.68. The fourth-order valence-corrected chi connectivity index (χ4v) is 6.73. The van der Waals surface area contributed by atoms with E-state index >= 15 is 0 Å². The van der Waals surface area contributed by atoms with Gasteiger partial charge >= 0.3 is 0 Å². The minimum absolute atomic E-state index is 0.249. The van der Waals surface area contributed by atoms with Gasteiger partial charge in [0, 0.05) is 95.9 Å². The van der Waals surface area contributed by atoms with E-state index in [1.54, 1.807) is 24.7 Å². The Morgan fingerprint density at radius 3 is 1.92 bits per heavy atom. The van der Waals surface area contributed by atoms with E-state index in [-0.39, 0.29) is 23.6 Å². The summed E-state index contributed by atoms with van der Waals surface area (Å²) in [6.07, 6.45) is 6.36. The molecule has 0 spiro atoms. The molecule has 0 saturated heterocycles. The molecule has 0 unspecified atom stereocenters. The van der Waals surface area contributed by atoms with Crippen LogP contribution in [0.25, 0.3) is 27.2 Å². The Kier molecular flexibility index (Phi) is 8.59. The Morgan fingerprint density at radius 1 is 0.680 bits per heavy atom.